The molecule has 2 heteroatoms. The third kappa shape index (κ3) is 2.35. The summed E-state index contributed by atoms with van der Waals surface area (Å²) >= 11 is 0. The third-order valence-corrected chi connectivity index (χ3v) is 4.01. The average Bonchev–Trinajstić information content (AvgIpc) is 2.38. The van der Waals surface area contributed by atoms with Gasteiger partial charge in [-0.3, -0.25) is 4.79 Å². The van der Waals surface area contributed by atoms with Gasteiger partial charge in [-0.1, -0.05) is 69.3 Å². The molecule has 1 N–H and O–H groups in total. The van der Waals surface area contributed by atoms with Crippen LogP contribution in [0.2, 0.25) is 0 Å². The van der Waals surface area contributed by atoms with E-state index in [1.54, 1.807) is 0 Å². The first-order chi connectivity index (χ1) is 8.87. The fourth-order valence-electron chi connectivity index (χ4n) is 2.58. The van der Waals surface area contributed by atoms with Gasteiger partial charge in [0.1, 0.15) is 0 Å². The summed E-state index contributed by atoms with van der Waals surface area (Å²) in [7, 11) is 0. The fourth-order valence-corrected chi connectivity index (χ4v) is 2.58. The van der Waals surface area contributed by atoms with Gasteiger partial charge >= 0.3 is 5.97 Å². The number of carboxylic acids is 1. The maximum atomic E-state index is 11.8. The Hall–Kier alpha value is -1.83. The van der Waals surface area contributed by atoms with Gasteiger partial charge in [0, 0.05) is 0 Å². The zero-order valence-corrected chi connectivity index (χ0v) is 11.7. The lowest BCUT2D eigenvalue weighted by Gasteiger charge is -2.41. The molecule has 2 nitrogen and oxygen atoms in total. The molecule has 1 aliphatic rings. The van der Waals surface area contributed by atoms with Crippen LogP contribution in [-0.2, 0) is 4.79 Å². The van der Waals surface area contributed by atoms with E-state index in [2.05, 4.69) is 0 Å². The van der Waals surface area contributed by atoms with Crippen LogP contribution in [0.25, 0.3) is 5.57 Å². The Morgan fingerprint density at radius 3 is 2.37 bits per heavy atom. The second-order valence-corrected chi connectivity index (χ2v) is 6.12. The van der Waals surface area contributed by atoms with Crippen molar-refractivity contribution in [3.63, 3.8) is 0 Å². The number of rotatable bonds is 2. The van der Waals surface area contributed by atoms with Crippen molar-refractivity contribution in [1.29, 1.82) is 0 Å². The SMILES string of the molecule is CC(C)(C)C1(C(=O)O)C=CC=C(c2ccccc2)C1. The van der Waals surface area contributed by atoms with E-state index in [1.165, 1.54) is 0 Å². The number of aliphatic carboxylic acids is 1. The molecule has 2 rings (SSSR count). The van der Waals surface area contributed by atoms with Gasteiger partial charge in [-0.05, 0) is 23.0 Å². The standard InChI is InChI=1S/C17H20O2/c1-16(2,3)17(15(18)19)11-7-10-14(12-17)13-8-5-4-6-9-13/h4-11H,12H2,1-3H3,(H,18,19). The average molecular weight is 256 g/mol. The molecule has 1 unspecified atom stereocenters. The molecule has 1 aromatic carbocycles. The topological polar surface area (TPSA) is 37.3 Å². The molecule has 0 heterocycles. The molecular formula is C17H20O2. The van der Waals surface area contributed by atoms with Crippen LogP contribution in [0, 0.1) is 10.8 Å². The Morgan fingerprint density at radius 1 is 1.21 bits per heavy atom. The number of allylic oxidation sites excluding steroid dienone is 3. The van der Waals surface area contributed by atoms with Crippen LogP contribution in [0.1, 0.15) is 32.8 Å². The molecule has 19 heavy (non-hydrogen) atoms. The fraction of sp³-hybridized carbons (Fsp3) is 0.353. The highest BCUT2D eigenvalue weighted by molar-refractivity contribution is 5.84. The number of carboxylic acid groups (broad SMARTS) is 1. The number of hydrogen-bond donors (Lipinski definition) is 1. The molecule has 0 spiro atoms. The Morgan fingerprint density at radius 2 is 1.84 bits per heavy atom. The monoisotopic (exact) mass is 256 g/mol. The molecule has 0 radical (unpaired) electrons. The summed E-state index contributed by atoms with van der Waals surface area (Å²) in [5.74, 6) is -0.752. The molecule has 0 amide bonds. The van der Waals surface area contributed by atoms with Gasteiger partial charge in [-0.2, -0.15) is 0 Å². The van der Waals surface area contributed by atoms with E-state index in [1.807, 2.05) is 69.3 Å². The molecule has 0 fully saturated rings. The van der Waals surface area contributed by atoms with Crippen LogP contribution in [0.3, 0.4) is 0 Å². The first kappa shape index (κ1) is 13.6. The van der Waals surface area contributed by atoms with Crippen molar-refractivity contribution in [1.82, 2.24) is 0 Å². The van der Waals surface area contributed by atoms with Crippen molar-refractivity contribution in [3.8, 4) is 0 Å². The molecular weight excluding hydrogens is 236 g/mol. The predicted molar refractivity (Wildman–Crippen MR) is 77.7 cm³/mol. The van der Waals surface area contributed by atoms with Crippen LogP contribution >= 0.6 is 0 Å². The molecule has 0 aromatic heterocycles. The van der Waals surface area contributed by atoms with Crippen LogP contribution in [0.4, 0.5) is 0 Å². The molecule has 1 aromatic rings. The Kier molecular flexibility index (Phi) is 3.36. The van der Waals surface area contributed by atoms with Crippen molar-refractivity contribution in [2.75, 3.05) is 0 Å². The molecule has 1 atom stereocenters. The summed E-state index contributed by atoms with van der Waals surface area (Å²) in [6.07, 6.45) is 6.27. The van der Waals surface area contributed by atoms with Crippen LogP contribution in [-0.4, -0.2) is 11.1 Å². The molecule has 0 bridgehead atoms. The number of hydrogen-bond acceptors (Lipinski definition) is 1. The van der Waals surface area contributed by atoms with E-state index in [9.17, 15) is 9.90 Å². The maximum absolute atomic E-state index is 11.8. The lowest BCUT2D eigenvalue weighted by Crippen LogP contribution is -2.42. The summed E-state index contributed by atoms with van der Waals surface area (Å²) in [6, 6.07) is 9.99. The van der Waals surface area contributed by atoms with Gasteiger partial charge in [0.05, 0.1) is 5.41 Å². The van der Waals surface area contributed by atoms with E-state index in [0.717, 1.165) is 11.1 Å². The molecule has 0 aliphatic heterocycles. The highest BCUT2D eigenvalue weighted by atomic mass is 16.4. The molecule has 0 saturated heterocycles. The van der Waals surface area contributed by atoms with Gasteiger partial charge in [-0.25, -0.2) is 0 Å². The van der Waals surface area contributed by atoms with Gasteiger partial charge in [0.25, 0.3) is 0 Å². The zero-order valence-electron chi connectivity index (χ0n) is 11.7. The lowest BCUT2D eigenvalue weighted by molar-refractivity contribution is -0.151. The van der Waals surface area contributed by atoms with Crippen molar-refractivity contribution in [3.05, 3.63) is 54.1 Å². The van der Waals surface area contributed by atoms with E-state index in [-0.39, 0.29) is 5.41 Å². The van der Waals surface area contributed by atoms with Crippen LogP contribution < -0.4 is 0 Å². The second kappa shape index (κ2) is 4.69. The van der Waals surface area contributed by atoms with Crippen molar-refractivity contribution >= 4 is 11.5 Å². The largest absolute Gasteiger partial charge is 0.481 e. The van der Waals surface area contributed by atoms with Crippen molar-refractivity contribution < 1.29 is 9.90 Å². The van der Waals surface area contributed by atoms with Crippen molar-refractivity contribution in [2.24, 2.45) is 10.8 Å². The minimum absolute atomic E-state index is 0.330. The second-order valence-electron chi connectivity index (χ2n) is 6.12. The first-order valence-electron chi connectivity index (χ1n) is 6.54. The van der Waals surface area contributed by atoms with Gasteiger partial charge < -0.3 is 5.11 Å². The van der Waals surface area contributed by atoms with Crippen LogP contribution in [0.15, 0.2) is 48.6 Å². The normalized spacial score (nSPS) is 23.0. The Balaban J connectivity index is 2.42. The summed E-state index contributed by atoms with van der Waals surface area (Å²) < 4.78 is 0. The van der Waals surface area contributed by atoms with Crippen molar-refractivity contribution in [2.45, 2.75) is 27.2 Å². The minimum atomic E-state index is -0.840. The zero-order chi connectivity index (χ0) is 14.1. The smallest absolute Gasteiger partial charge is 0.314 e. The molecule has 0 saturated carbocycles. The van der Waals surface area contributed by atoms with Gasteiger partial charge in [0.2, 0.25) is 0 Å². The predicted octanol–water partition coefficient (Wildman–Crippen LogP) is 4.15. The van der Waals surface area contributed by atoms with Gasteiger partial charge in [0.15, 0.2) is 0 Å². The highest BCUT2D eigenvalue weighted by Gasteiger charge is 2.47. The Bertz CT molecular complexity index is 532. The quantitative estimate of drug-likeness (QED) is 0.863. The maximum Gasteiger partial charge on any atom is 0.314 e. The van der Waals surface area contributed by atoms with E-state index in [0.29, 0.717) is 6.42 Å². The van der Waals surface area contributed by atoms with Crippen LogP contribution in [0.5, 0.6) is 0 Å². The molecule has 100 valence electrons. The third-order valence-electron chi connectivity index (χ3n) is 4.01. The summed E-state index contributed by atoms with van der Waals surface area (Å²) in [5, 5.41) is 9.71. The number of benzene rings is 1. The van der Waals surface area contributed by atoms with E-state index in [4.69, 9.17) is 0 Å². The summed E-state index contributed by atoms with van der Waals surface area (Å²) in [6.45, 7) is 5.96. The summed E-state index contributed by atoms with van der Waals surface area (Å²) in [4.78, 5) is 11.8. The Labute approximate surface area is 114 Å². The summed E-state index contributed by atoms with van der Waals surface area (Å²) in [5.41, 5.74) is 1.01. The minimum Gasteiger partial charge on any atom is -0.481 e. The van der Waals surface area contributed by atoms with Gasteiger partial charge in [-0.15, -0.1) is 0 Å². The lowest BCUT2D eigenvalue weighted by atomic mass is 9.61. The van der Waals surface area contributed by atoms with E-state index >= 15 is 0 Å². The number of carbonyl (C=O) groups is 1. The highest BCUT2D eigenvalue weighted by Crippen LogP contribution is 2.48. The first-order valence-corrected chi connectivity index (χ1v) is 6.54. The molecule has 1 aliphatic carbocycles. The van der Waals surface area contributed by atoms with E-state index < -0.39 is 11.4 Å².